The molecule has 0 aliphatic carbocycles. The largest absolute Gasteiger partial charge is 0.456 e. The maximum absolute atomic E-state index is 6.03. The highest BCUT2D eigenvalue weighted by Crippen LogP contribution is 2.38. The fourth-order valence-corrected chi connectivity index (χ4v) is 3.29. The molecule has 4 aromatic rings. The number of furan rings is 1. The lowest BCUT2D eigenvalue weighted by atomic mass is 10.0. The maximum atomic E-state index is 6.03. The van der Waals surface area contributed by atoms with Gasteiger partial charge in [-0.25, -0.2) is 0 Å². The van der Waals surface area contributed by atoms with Gasteiger partial charge in [-0.3, -0.25) is 0 Å². The van der Waals surface area contributed by atoms with Crippen molar-refractivity contribution in [2.75, 3.05) is 0 Å². The van der Waals surface area contributed by atoms with Gasteiger partial charge in [-0.2, -0.15) is 0 Å². The third kappa shape index (κ3) is 1.60. The quantitative estimate of drug-likeness (QED) is 0.376. The van der Waals surface area contributed by atoms with Crippen molar-refractivity contribution in [2.24, 2.45) is 0 Å². The Balaban J connectivity index is 2.34. The normalized spacial score (nSPS) is 11.7. The minimum atomic E-state index is 0.690. The van der Waals surface area contributed by atoms with Crippen LogP contribution in [0.4, 0.5) is 0 Å². The molecule has 3 aromatic carbocycles. The van der Waals surface area contributed by atoms with Gasteiger partial charge in [-0.15, -0.1) is 0 Å². The molecule has 0 aliphatic rings. The van der Waals surface area contributed by atoms with Gasteiger partial charge >= 0.3 is 0 Å². The Morgan fingerprint density at radius 2 is 1.63 bits per heavy atom. The highest BCUT2D eigenvalue weighted by Gasteiger charge is 2.12. The SMILES string of the molecule is Clc1ccc2c(c1)oc1cc(Br)c3ccccc3c12. The van der Waals surface area contributed by atoms with E-state index in [4.69, 9.17) is 16.0 Å². The number of hydrogen-bond acceptors (Lipinski definition) is 1. The highest BCUT2D eigenvalue weighted by molar-refractivity contribution is 9.10. The van der Waals surface area contributed by atoms with Crippen molar-refractivity contribution >= 4 is 60.2 Å². The lowest BCUT2D eigenvalue weighted by molar-refractivity contribution is 0.669. The van der Waals surface area contributed by atoms with Crippen LogP contribution in [0, 0.1) is 0 Å². The van der Waals surface area contributed by atoms with Gasteiger partial charge in [0.25, 0.3) is 0 Å². The van der Waals surface area contributed by atoms with Crippen molar-refractivity contribution in [2.45, 2.75) is 0 Å². The number of hydrogen-bond donors (Lipinski definition) is 0. The fraction of sp³-hybridized carbons (Fsp3) is 0. The second-order valence-electron chi connectivity index (χ2n) is 4.52. The van der Waals surface area contributed by atoms with Gasteiger partial charge in [0.15, 0.2) is 0 Å². The fourth-order valence-electron chi connectivity index (χ4n) is 2.57. The van der Waals surface area contributed by atoms with Crippen molar-refractivity contribution in [3.05, 3.63) is 58.0 Å². The lowest BCUT2D eigenvalue weighted by Gasteiger charge is -2.01. The zero-order valence-electron chi connectivity index (χ0n) is 9.78. The molecule has 0 bridgehead atoms. The van der Waals surface area contributed by atoms with Crippen LogP contribution in [0.25, 0.3) is 32.7 Å². The predicted octanol–water partition coefficient (Wildman–Crippen LogP) is 6.16. The van der Waals surface area contributed by atoms with Crippen LogP contribution in [0.2, 0.25) is 5.02 Å². The smallest absolute Gasteiger partial charge is 0.137 e. The van der Waals surface area contributed by atoms with Crippen LogP contribution in [0.1, 0.15) is 0 Å². The lowest BCUT2D eigenvalue weighted by Crippen LogP contribution is -1.76. The van der Waals surface area contributed by atoms with Gasteiger partial charge in [-0.05, 0) is 29.0 Å². The second-order valence-corrected chi connectivity index (χ2v) is 5.81. The van der Waals surface area contributed by atoms with E-state index in [0.717, 1.165) is 26.4 Å². The molecule has 0 aliphatic heterocycles. The Morgan fingerprint density at radius 3 is 2.47 bits per heavy atom. The van der Waals surface area contributed by atoms with E-state index < -0.39 is 0 Å². The van der Waals surface area contributed by atoms with E-state index in [1.807, 2.05) is 36.4 Å². The summed E-state index contributed by atoms with van der Waals surface area (Å²) in [6.45, 7) is 0. The molecule has 0 radical (unpaired) electrons. The maximum Gasteiger partial charge on any atom is 0.137 e. The molecule has 0 spiro atoms. The molecule has 3 heteroatoms. The van der Waals surface area contributed by atoms with Gasteiger partial charge in [0, 0.05) is 26.3 Å². The molecular formula is C16H8BrClO. The molecule has 0 saturated heterocycles. The molecule has 92 valence electrons. The van der Waals surface area contributed by atoms with E-state index in [0.29, 0.717) is 5.02 Å². The summed E-state index contributed by atoms with van der Waals surface area (Å²) in [7, 11) is 0. The van der Waals surface area contributed by atoms with E-state index in [1.54, 1.807) is 0 Å². The van der Waals surface area contributed by atoms with E-state index in [-0.39, 0.29) is 0 Å². The molecule has 4 rings (SSSR count). The van der Waals surface area contributed by atoms with Crippen LogP contribution >= 0.6 is 27.5 Å². The number of benzene rings is 3. The Kier molecular flexibility index (Phi) is 2.38. The summed E-state index contributed by atoms with van der Waals surface area (Å²) in [6.07, 6.45) is 0. The van der Waals surface area contributed by atoms with E-state index in [2.05, 4.69) is 28.1 Å². The molecule has 0 N–H and O–H groups in total. The summed E-state index contributed by atoms with van der Waals surface area (Å²) in [5.41, 5.74) is 1.70. The van der Waals surface area contributed by atoms with Gasteiger partial charge in [0.2, 0.25) is 0 Å². The molecule has 0 saturated carbocycles. The topological polar surface area (TPSA) is 13.1 Å². The first-order valence-electron chi connectivity index (χ1n) is 5.93. The van der Waals surface area contributed by atoms with Crippen LogP contribution in [-0.4, -0.2) is 0 Å². The second kappa shape index (κ2) is 3.99. The zero-order chi connectivity index (χ0) is 13.0. The van der Waals surface area contributed by atoms with Crippen LogP contribution in [0.5, 0.6) is 0 Å². The highest BCUT2D eigenvalue weighted by atomic mass is 79.9. The van der Waals surface area contributed by atoms with Crippen molar-refractivity contribution < 1.29 is 4.42 Å². The molecule has 0 amide bonds. The molecule has 0 unspecified atom stereocenters. The van der Waals surface area contributed by atoms with Gasteiger partial charge in [-0.1, -0.05) is 51.8 Å². The standard InChI is InChI=1S/C16H8BrClO/c17-13-8-15-16(11-4-2-1-3-10(11)13)12-6-5-9(18)7-14(12)19-15/h1-8H. The molecule has 1 nitrogen and oxygen atoms in total. The predicted molar refractivity (Wildman–Crippen MR) is 83.9 cm³/mol. The average Bonchev–Trinajstić information content (AvgIpc) is 2.76. The first kappa shape index (κ1) is 11.3. The van der Waals surface area contributed by atoms with Crippen LogP contribution in [0.15, 0.2) is 57.4 Å². The summed E-state index contributed by atoms with van der Waals surface area (Å²) in [5.74, 6) is 0. The first-order chi connectivity index (χ1) is 9.24. The molecule has 1 aromatic heterocycles. The van der Waals surface area contributed by atoms with Crippen molar-refractivity contribution in [3.8, 4) is 0 Å². The minimum Gasteiger partial charge on any atom is -0.456 e. The van der Waals surface area contributed by atoms with Crippen molar-refractivity contribution in [1.29, 1.82) is 0 Å². The zero-order valence-corrected chi connectivity index (χ0v) is 12.1. The van der Waals surface area contributed by atoms with E-state index >= 15 is 0 Å². The average molecular weight is 332 g/mol. The van der Waals surface area contributed by atoms with E-state index in [1.165, 1.54) is 10.8 Å². The van der Waals surface area contributed by atoms with Gasteiger partial charge < -0.3 is 4.42 Å². The Bertz CT molecular complexity index is 940. The van der Waals surface area contributed by atoms with Crippen molar-refractivity contribution in [1.82, 2.24) is 0 Å². The van der Waals surface area contributed by atoms with E-state index in [9.17, 15) is 0 Å². The van der Waals surface area contributed by atoms with Gasteiger partial charge in [0.05, 0.1) is 0 Å². The molecule has 0 atom stereocenters. The van der Waals surface area contributed by atoms with Crippen molar-refractivity contribution in [3.63, 3.8) is 0 Å². The van der Waals surface area contributed by atoms with Gasteiger partial charge in [0.1, 0.15) is 11.2 Å². The Hall–Kier alpha value is -1.51. The summed E-state index contributed by atoms with van der Waals surface area (Å²) in [5, 5.41) is 5.31. The molecule has 19 heavy (non-hydrogen) atoms. The summed E-state index contributed by atoms with van der Waals surface area (Å²) in [6, 6.07) is 16.1. The Labute approximate surface area is 122 Å². The number of rotatable bonds is 0. The third-order valence-corrected chi connectivity index (χ3v) is 4.28. The molecule has 0 fully saturated rings. The van der Waals surface area contributed by atoms with Crippen LogP contribution in [0.3, 0.4) is 0 Å². The summed E-state index contributed by atoms with van der Waals surface area (Å²) < 4.78 is 6.95. The monoisotopic (exact) mass is 330 g/mol. The molecular weight excluding hydrogens is 324 g/mol. The number of fused-ring (bicyclic) bond motifs is 5. The summed E-state index contributed by atoms with van der Waals surface area (Å²) >= 11 is 9.63. The molecule has 1 heterocycles. The first-order valence-corrected chi connectivity index (χ1v) is 7.10. The van der Waals surface area contributed by atoms with Crippen LogP contribution in [-0.2, 0) is 0 Å². The Morgan fingerprint density at radius 1 is 0.842 bits per heavy atom. The minimum absolute atomic E-state index is 0.690. The van der Waals surface area contributed by atoms with Crippen LogP contribution < -0.4 is 0 Å². The summed E-state index contributed by atoms with van der Waals surface area (Å²) in [4.78, 5) is 0. The number of halogens is 2. The third-order valence-electron chi connectivity index (χ3n) is 3.39.